The van der Waals surface area contributed by atoms with Gasteiger partial charge in [0, 0.05) is 12.0 Å². The monoisotopic (exact) mass is 239 g/mol. The summed E-state index contributed by atoms with van der Waals surface area (Å²) in [5.41, 5.74) is 5.93. The Balaban J connectivity index is 1.86. The fourth-order valence-corrected chi connectivity index (χ4v) is 2.94. The summed E-state index contributed by atoms with van der Waals surface area (Å²) in [7, 11) is 0. The molecule has 16 heavy (non-hydrogen) atoms. The molecule has 0 aliphatic heterocycles. The van der Waals surface area contributed by atoms with Gasteiger partial charge in [0.05, 0.1) is 10.6 Å². The van der Waals surface area contributed by atoms with Crippen LogP contribution in [0.3, 0.4) is 0 Å². The largest absolute Gasteiger partial charge is 0.462 e. The van der Waals surface area contributed by atoms with E-state index in [-0.39, 0.29) is 5.54 Å². The maximum absolute atomic E-state index is 6.26. The van der Waals surface area contributed by atoms with Gasteiger partial charge in [-0.2, -0.15) is 0 Å². The molecule has 1 aromatic heterocycles. The molecule has 0 spiro atoms. The van der Waals surface area contributed by atoms with Gasteiger partial charge in [-0.25, -0.2) is 0 Å². The van der Waals surface area contributed by atoms with Gasteiger partial charge in [-0.1, -0.05) is 30.9 Å². The molecule has 0 unspecified atom stereocenters. The van der Waals surface area contributed by atoms with Crippen LogP contribution in [-0.4, -0.2) is 0 Å². The third kappa shape index (κ3) is 1.78. The number of nitrogens with two attached hydrogens (primary N) is 1. The molecule has 2 aliphatic carbocycles. The van der Waals surface area contributed by atoms with E-state index in [4.69, 9.17) is 21.8 Å². The van der Waals surface area contributed by atoms with Crippen molar-refractivity contribution in [1.82, 2.24) is 0 Å². The van der Waals surface area contributed by atoms with Gasteiger partial charge < -0.3 is 10.2 Å². The molecule has 2 aliphatic rings. The quantitative estimate of drug-likeness (QED) is 0.850. The van der Waals surface area contributed by atoms with Gasteiger partial charge in [0.15, 0.2) is 0 Å². The Morgan fingerprint density at radius 1 is 1.25 bits per heavy atom. The second kappa shape index (κ2) is 3.78. The number of furan rings is 1. The van der Waals surface area contributed by atoms with Crippen molar-refractivity contribution in [2.45, 2.75) is 56.4 Å². The number of hydrogen-bond donors (Lipinski definition) is 1. The zero-order chi connectivity index (χ0) is 11.2. The highest BCUT2D eigenvalue weighted by atomic mass is 35.5. The minimum atomic E-state index is -0.198. The van der Waals surface area contributed by atoms with Crippen LogP contribution in [0.5, 0.6) is 0 Å². The first kappa shape index (κ1) is 10.7. The van der Waals surface area contributed by atoms with Crippen molar-refractivity contribution in [3.8, 4) is 0 Å². The first-order valence-electron chi connectivity index (χ1n) is 6.28. The number of rotatable bonds is 2. The highest BCUT2D eigenvalue weighted by Crippen LogP contribution is 2.47. The number of halogens is 1. The Labute approximate surface area is 101 Å². The minimum absolute atomic E-state index is 0.198. The van der Waals surface area contributed by atoms with E-state index in [1.54, 1.807) is 0 Å². The van der Waals surface area contributed by atoms with Crippen molar-refractivity contribution >= 4 is 11.6 Å². The predicted octanol–water partition coefficient (Wildman–Crippen LogP) is 3.93. The molecule has 0 bridgehead atoms. The molecule has 2 N–H and O–H groups in total. The van der Waals surface area contributed by atoms with E-state index < -0.39 is 0 Å². The van der Waals surface area contributed by atoms with E-state index in [9.17, 15) is 0 Å². The lowest BCUT2D eigenvalue weighted by Crippen LogP contribution is -2.17. The zero-order valence-corrected chi connectivity index (χ0v) is 10.2. The molecular formula is C13H18ClNO. The highest BCUT2D eigenvalue weighted by molar-refractivity contribution is 6.31. The standard InChI is InChI=1S/C13H18ClNO/c14-10-8-11(13(15)6-7-13)16-12(10)9-4-2-1-3-5-9/h8-9H,1-7,15H2. The van der Waals surface area contributed by atoms with E-state index in [0.29, 0.717) is 5.92 Å². The van der Waals surface area contributed by atoms with Crippen molar-refractivity contribution in [2.24, 2.45) is 5.73 Å². The third-order valence-electron chi connectivity index (χ3n) is 3.97. The molecular weight excluding hydrogens is 222 g/mol. The Kier molecular flexibility index (Phi) is 2.52. The Morgan fingerprint density at radius 2 is 1.94 bits per heavy atom. The highest BCUT2D eigenvalue weighted by Gasteiger charge is 2.44. The van der Waals surface area contributed by atoms with Crippen molar-refractivity contribution in [3.05, 3.63) is 22.6 Å². The molecule has 3 rings (SSSR count). The molecule has 2 fully saturated rings. The smallest absolute Gasteiger partial charge is 0.125 e. The fourth-order valence-electron chi connectivity index (χ4n) is 2.65. The van der Waals surface area contributed by atoms with Gasteiger partial charge in [-0.3, -0.25) is 0 Å². The second-order valence-corrected chi connectivity index (χ2v) is 5.72. The molecule has 0 atom stereocenters. The predicted molar refractivity (Wildman–Crippen MR) is 64.6 cm³/mol. The van der Waals surface area contributed by atoms with Crippen molar-refractivity contribution in [3.63, 3.8) is 0 Å². The van der Waals surface area contributed by atoms with Gasteiger partial charge >= 0.3 is 0 Å². The lowest BCUT2D eigenvalue weighted by molar-refractivity contribution is 0.349. The van der Waals surface area contributed by atoms with Crippen LogP contribution in [0.25, 0.3) is 0 Å². The first-order chi connectivity index (χ1) is 7.69. The van der Waals surface area contributed by atoms with Crippen molar-refractivity contribution in [1.29, 1.82) is 0 Å². The molecule has 0 saturated heterocycles. The molecule has 2 saturated carbocycles. The van der Waals surface area contributed by atoms with Crippen LogP contribution < -0.4 is 5.73 Å². The number of hydrogen-bond acceptors (Lipinski definition) is 2. The lowest BCUT2D eigenvalue weighted by Gasteiger charge is -2.19. The van der Waals surface area contributed by atoms with E-state index >= 15 is 0 Å². The molecule has 2 nitrogen and oxygen atoms in total. The second-order valence-electron chi connectivity index (χ2n) is 5.31. The van der Waals surface area contributed by atoms with E-state index in [1.807, 2.05) is 6.07 Å². The third-order valence-corrected chi connectivity index (χ3v) is 4.26. The van der Waals surface area contributed by atoms with E-state index in [1.165, 1.54) is 32.1 Å². The molecule has 88 valence electrons. The van der Waals surface area contributed by atoms with E-state index in [0.717, 1.165) is 29.4 Å². The lowest BCUT2D eigenvalue weighted by atomic mass is 9.87. The normalized spacial score (nSPS) is 24.6. The van der Waals surface area contributed by atoms with Crippen LogP contribution in [0, 0.1) is 0 Å². The summed E-state index contributed by atoms with van der Waals surface area (Å²) in [6.07, 6.45) is 8.43. The minimum Gasteiger partial charge on any atom is -0.462 e. The van der Waals surface area contributed by atoms with Crippen molar-refractivity contribution in [2.75, 3.05) is 0 Å². The first-order valence-corrected chi connectivity index (χ1v) is 6.65. The van der Waals surface area contributed by atoms with Gasteiger partial charge in [-0.05, 0) is 25.7 Å². The summed E-state index contributed by atoms with van der Waals surface area (Å²) in [6.45, 7) is 0. The van der Waals surface area contributed by atoms with Crippen LogP contribution in [-0.2, 0) is 5.54 Å². The van der Waals surface area contributed by atoms with Gasteiger partial charge in [0.1, 0.15) is 11.5 Å². The van der Waals surface area contributed by atoms with E-state index in [2.05, 4.69) is 0 Å². The average Bonchev–Trinajstić information content (AvgIpc) is 2.92. The van der Waals surface area contributed by atoms with Crippen LogP contribution in [0.4, 0.5) is 0 Å². The summed E-state index contributed by atoms with van der Waals surface area (Å²) in [5.74, 6) is 2.42. The summed E-state index contributed by atoms with van der Waals surface area (Å²) < 4.78 is 5.92. The topological polar surface area (TPSA) is 39.2 Å². The molecule has 0 amide bonds. The molecule has 3 heteroatoms. The summed E-state index contributed by atoms with van der Waals surface area (Å²) in [6, 6.07) is 1.94. The summed E-state index contributed by atoms with van der Waals surface area (Å²) in [4.78, 5) is 0. The SMILES string of the molecule is NC1(c2cc(Cl)c(C3CCCCC3)o2)CC1. The Bertz CT molecular complexity index is 389. The Morgan fingerprint density at radius 3 is 2.56 bits per heavy atom. The molecule has 1 aromatic rings. The average molecular weight is 240 g/mol. The van der Waals surface area contributed by atoms with Crippen molar-refractivity contribution < 1.29 is 4.42 Å². The van der Waals surface area contributed by atoms with Crippen LogP contribution in [0.15, 0.2) is 10.5 Å². The summed E-state index contributed by atoms with van der Waals surface area (Å²) in [5, 5.41) is 0.790. The van der Waals surface area contributed by atoms with Gasteiger partial charge in [-0.15, -0.1) is 0 Å². The van der Waals surface area contributed by atoms with Crippen LogP contribution in [0.1, 0.15) is 62.4 Å². The zero-order valence-electron chi connectivity index (χ0n) is 9.47. The molecule has 0 aromatic carbocycles. The van der Waals surface area contributed by atoms with Crippen LogP contribution in [0.2, 0.25) is 5.02 Å². The van der Waals surface area contributed by atoms with Gasteiger partial charge in [0.2, 0.25) is 0 Å². The maximum Gasteiger partial charge on any atom is 0.125 e. The molecule has 0 radical (unpaired) electrons. The summed E-state index contributed by atoms with van der Waals surface area (Å²) >= 11 is 6.26. The molecule has 1 heterocycles. The van der Waals surface area contributed by atoms with Gasteiger partial charge in [0.25, 0.3) is 0 Å². The fraction of sp³-hybridized carbons (Fsp3) is 0.692. The Hall–Kier alpha value is -0.470. The maximum atomic E-state index is 6.26. The van der Waals surface area contributed by atoms with Crippen LogP contribution >= 0.6 is 11.6 Å².